The van der Waals surface area contributed by atoms with Crippen LogP contribution in [-0.4, -0.2) is 22.7 Å². The minimum absolute atomic E-state index is 0.175. The van der Waals surface area contributed by atoms with Crippen molar-refractivity contribution in [2.75, 3.05) is 0 Å². The average molecular weight is 353 g/mol. The standard InChI is InChI=1S/C16H14Cl2N2O3/c17-9-3-4-10(11(18)6-9)14(21)19-20-15(22)12-7-1-2-8(5-7)13(12)16(20)23/h3-4,6-8,12-13H,1-2,5H2,(H,19,21)/t7-,8-,12+,13+/m0/s1. The summed E-state index contributed by atoms with van der Waals surface area (Å²) in [5.41, 5.74) is 2.60. The first kappa shape index (κ1) is 15.0. The number of benzene rings is 1. The topological polar surface area (TPSA) is 66.5 Å². The maximum Gasteiger partial charge on any atom is 0.271 e. The molecule has 0 spiro atoms. The summed E-state index contributed by atoms with van der Waals surface area (Å²) in [5.74, 6) is -1.12. The molecule has 2 bridgehead atoms. The largest absolute Gasteiger partial charge is 0.272 e. The molecule has 1 aromatic carbocycles. The van der Waals surface area contributed by atoms with E-state index < -0.39 is 5.91 Å². The quantitative estimate of drug-likeness (QED) is 0.832. The molecule has 2 aliphatic carbocycles. The van der Waals surface area contributed by atoms with Crippen LogP contribution in [0.5, 0.6) is 0 Å². The molecule has 120 valence electrons. The smallest absolute Gasteiger partial charge is 0.271 e. The van der Waals surface area contributed by atoms with E-state index in [0.717, 1.165) is 24.3 Å². The van der Waals surface area contributed by atoms with Gasteiger partial charge in [-0.05, 0) is 49.3 Å². The van der Waals surface area contributed by atoms with Crippen molar-refractivity contribution >= 4 is 40.9 Å². The van der Waals surface area contributed by atoms with Gasteiger partial charge in [-0.15, -0.1) is 0 Å². The monoisotopic (exact) mass is 352 g/mol. The molecule has 1 N–H and O–H groups in total. The summed E-state index contributed by atoms with van der Waals surface area (Å²) in [4.78, 5) is 37.4. The molecule has 1 heterocycles. The average Bonchev–Trinajstić information content (AvgIpc) is 3.17. The zero-order chi connectivity index (χ0) is 16.3. The number of imide groups is 1. The van der Waals surface area contributed by atoms with E-state index in [1.807, 2.05) is 0 Å². The van der Waals surface area contributed by atoms with Gasteiger partial charge in [-0.25, -0.2) is 0 Å². The lowest BCUT2D eigenvalue weighted by Crippen LogP contribution is -2.47. The van der Waals surface area contributed by atoms with Gasteiger partial charge in [0, 0.05) is 5.02 Å². The number of nitrogens with zero attached hydrogens (tertiary/aromatic N) is 1. The first-order valence-corrected chi connectivity index (χ1v) is 8.37. The van der Waals surface area contributed by atoms with Crippen LogP contribution in [0.2, 0.25) is 10.0 Å². The Balaban J connectivity index is 1.56. The SMILES string of the molecule is O=C(NN1C(=O)[C@@H]2[C@H]3CC[C@@H](C3)[C@H]2C1=O)c1ccc(Cl)cc1Cl. The van der Waals surface area contributed by atoms with E-state index in [4.69, 9.17) is 23.2 Å². The van der Waals surface area contributed by atoms with E-state index in [1.54, 1.807) is 0 Å². The Morgan fingerprint density at radius 3 is 2.26 bits per heavy atom. The van der Waals surface area contributed by atoms with Crippen molar-refractivity contribution in [3.63, 3.8) is 0 Å². The Labute approximate surface area is 142 Å². The number of fused-ring (bicyclic) bond motifs is 5. The van der Waals surface area contributed by atoms with Gasteiger partial charge < -0.3 is 0 Å². The highest BCUT2D eigenvalue weighted by Crippen LogP contribution is 2.55. The number of hydrogen-bond acceptors (Lipinski definition) is 3. The van der Waals surface area contributed by atoms with E-state index >= 15 is 0 Å². The second-order valence-corrected chi connectivity index (χ2v) is 7.31. The van der Waals surface area contributed by atoms with Crippen LogP contribution >= 0.6 is 23.2 Å². The molecule has 3 aliphatic rings. The lowest BCUT2D eigenvalue weighted by atomic mass is 9.81. The van der Waals surface area contributed by atoms with E-state index in [0.29, 0.717) is 5.02 Å². The normalized spacial score (nSPS) is 31.7. The van der Waals surface area contributed by atoms with Gasteiger partial charge >= 0.3 is 0 Å². The summed E-state index contributed by atoms with van der Waals surface area (Å²) < 4.78 is 0. The molecular weight excluding hydrogens is 339 g/mol. The minimum atomic E-state index is -0.583. The molecule has 3 amide bonds. The van der Waals surface area contributed by atoms with Crippen molar-refractivity contribution in [1.82, 2.24) is 10.4 Å². The van der Waals surface area contributed by atoms with Crippen molar-refractivity contribution in [3.8, 4) is 0 Å². The summed E-state index contributed by atoms with van der Waals surface area (Å²) in [6, 6.07) is 4.45. The Hall–Kier alpha value is -1.59. The number of hydrogen-bond donors (Lipinski definition) is 1. The third-order valence-electron chi connectivity index (χ3n) is 5.32. The van der Waals surface area contributed by atoms with Crippen LogP contribution < -0.4 is 5.43 Å². The summed E-state index contributed by atoms with van der Waals surface area (Å²) in [6.07, 6.45) is 2.95. The maximum absolute atomic E-state index is 12.5. The fraction of sp³-hybridized carbons (Fsp3) is 0.438. The minimum Gasteiger partial charge on any atom is -0.272 e. The molecule has 5 nitrogen and oxygen atoms in total. The molecule has 23 heavy (non-hydrogen) atoms. The van der Waals surface area contributed by atoms with Crippen LogP contribution in [0.3, 0.4) is 0 Å². The highest BCUT2D eigenvalue weighted by atomic mass is 35.5. The lowest BCUT2D eigenvalue weighted by Gasteiger charge is -2.19. The van der Waals surface area contributed by atoms with Crippen molar-refractivity contribution in [1.29, 1.82) is 0 Å². The molecule has 0 radical (unpaired) electrons. The third-order valence-corrected chi connectivity index (χ3v) is 5.86. The molecule has 0 unspecified atom stereocenters. The summed E-state index contributed by atoms with van der Waals surface area (Å²) in [7, 11) is 0. The van der Waals surface area contributed by atoms with Gasteiger partial charge in [-0.1, -0.05) is 23.2 Å². The van der Waals surface area contributed by atoms with Crippen LogP contribution in [0.25, 0.3) is 0 Å². The van der Waals surface area contributed by atoms with E-state index in [2.05, 4.69) is 5.43 Å². The highest BCUT2D eigenvalue weighted by Gasteiger charge is 2.61. The fourth-order valence-electron chi connectivity index (χ4n) is 4.35. The van der Waals surface area contributed by atoms with Gasteiger partial charge in [0.05, 0.1) is 22.4 Å². The number of carbonyl (C=O) groups excluding carboxylic acids is 3. The van der Waals surface area contributed by atoms with Gasteiger partial charge in [0.25, 0.3) is 17.7 Å². The fourth-order valence-corrected chi connectivity index (χ4v) is 4.85. The molecule has 4 atom stereocenters. The van der Waals surface area contributed by atoms with E-state index in [9.17, 15) is 14.4 Å². The zero-order valence-electron chi connectivity index (χ0n) is 12.1. The predicted octanol–water partition coefficient (Wildman–Crippen LogP) is 2.67. The zero-order valence-corrected chi connectivity index (χ0v) is 13.6. The summed E-state index contributed by atoms with van der Waals surface area (Å²) in [6.45, 7) is 0. The lowest BCUT2D eigenvalue weighted by molar-refractivity contribution is -0.143. The molecular formula is C16H14Cl2N2O3. The Morgan fingerprint density at radius 2 is 1.70 bits per heavy atom. The number of hydrazine groups is 1. The second kappa shape index (κ2) is 5.21. The van der Waals surface area contributed by atoms with Gasteiger partial charge in [0.15, 0.2) is 0 Å². The Morgan fingerprint density at radius 1 is 1.09 bits per heavy atom. The molecule has 4 rings (SSSR count). The van der Waals surface area contributed by atoms with Crippen LogP contribution in [0, 0.1) is 23.7 Å². The van der Waals surface area contributed by atoms with E-state index in [1.165, 1.54) is 18.2 Å². The molecule has 0 aromatic heterocycles. The van der Waals surface area contributed by atoms with Crippen LogP contribution in [0.1, 0.15) is 29.6 Å². The highest BCUT2D eigenvalue weighted by molar-refractivity contribution is 6.36. The second-order valence-electron chi connectivity index (χ2n) is 6.46. The van der Waals surface area contributed by atoms with Gasteiger partial charge in [-0.2, -0.15) is 5.01 Å². The molecule has 1 saturated heterocycles. The van der Waals surface area contributed by atoms with Crippen molar-refractivity contribution in [2.45, 2.75) is 19.3 Å². The first-order chi connectivity index (χ1) is 11.0. The van der Waals surface area contributed by atoms with Gasteiger partial charge in [0.2, 0.25) is 0 Å². The molecule has 3 fully saturated rings. The number of amides is 3. The number of carbonyl (C=O) groups is 3. The van der Waals surface area contributed by atoms with Crippen molar-refractivity contribution in [2.24, 2.45) is 23.7 Å². The van der Waals surface area contributed by atoms with Crippen LogP contribution in [-0.2, 0) is 9.59 Å². The van der Waals surface area contributed by atoms with Gasteiger partial charge in [-0.3, -0.25) is 19.8 Å². The van der Waals surface area contributed by atoms with E-state index in [-0.39, 0.29) is 46.1 Å². The maximum atomic E-state index is 12.5. The number of halogens is 2. The molecule has 2 saturated carbocycles. The third kappa shape index (κ3) is 2.17. The molecule has 7 heteroatoms. The van der Waals surface area contributed by atoms with Crippen LogP contribution in [0.4, 0.5) is 0 Å². The van der Waals surface area contributed by atoms with Crippen LogP contribution in [0.15, 0.2) is 18.2 Å². The van der Waals surface area contributed by atoms with Crippen molar-refractivity contribution in [3.05, 3.63) is 33.8 Å². The Bertz CT molecular complexity index is 708. The molecule has 1 aromatic rings. The molecule has 1 aliphatic heterocycles. The predicted molar refractivity (Wildman–Crippen MR) is 83.6 cm³/mol. The summed E-state index contributed by atoms with van der Waals surface area (Å²) in [5, 5.41) is 1.48. The first-order valence-electron chi connectivity index (χ1n) is 7.61. The number of nitrogens with one attached hydrogen (secondary N) is 1. The van der Waals surface area contributed by atoms with Gasteiger partial charge in [0.1, 0.15) is 0 Å². The summed E-state index contributed by atoms with van der Waals surface area (Å²) >= 11 is 11.8. The number of rotatable bonds is 2. The Kier molecular flexibility index (Phi) is 3.39. The van der Waals surface area contributed by atoms with Crippen molar-refractivity contribution < 1.29 is 14.4 Å².